The molecule has 0 saturated carbocycles. The van der Waals surface area contributed by atoms with Crippen LogP contribution in [-0.2, 0) is 17.8 Å². The Labute approximate surface area is 119 Å². The van der Waals surface area contributed by atoms with Gasteiger partial charge in [-0.3, -0.25) is 4.79 Å². The van der Waals surface area contributed by atoms with Gasteiger partial charge >= 0.3 is 0 Å². The molecule has 1 aromatic rings. The van der Waals surface area contributed by atoms with E-state index in [4.69, 9.17) is 0 Å². The van der Waals surface area contributed by atoms with Crippen LogP contribution in [0.5, 0.6) is 0 Å². The van der Waals surface area contributed by atoms with Crippen LogP contribution < -0.4 is 0 Å². The molecule has 0 fully saturated rings. The van der Waals surface area contributed by atoms with Crippen LogP contribution in [0.3, 0.4) is 0 Å². The van der Waals surface area contributed by atoms with E-state index in [0.717, 1.165) is 19.5 Å². The predicted octanol–water partition coefficient (Wildman–Crippen LogP) is 2.07. The molecule has 2 rings (SSSR count). The van der Waals surface area contributed by atoms with E-state index < -0.39 is 0 Å². The standard InChI is InChI=1S/C15H21NO2S/c1-11(17)12(2)19-10-15(18)16-8-7-13-5-3-4-6-14(13)9-16/h3-6,11-12,17H,7-10H2,1-2H3. The molecule has 104 valence electrons. The zero-order valence-corrected chi connectivity index (χ0v) is 12.3. The van der Waals surface area contributed by atoms with Crippen molar-refractivity contribution in [3.05, 3.63) is 35.4 Å². The van der Waals surface area contributed by atoms with Gasteiger partial charge in [0.15, 0.2) is 0 Å². The lowest BCUT2D eigenvalue weighted by molar-refractivity contribution is -0.129. The highest BCUT2D eigenvalue weighted by Crippen LogP contribution is 2.20. The predicted molar refractivity (Wildman–Crippen MR) is 79.2 cm³/mol. The Hall–Kier alpha value is -1.00. The molecule has 2 atom stereocenters. The molecule has 0 spiro atoms. The maximum Gasteiger partial charge on any atom is 0.232 e. The maximum absolute atomic E-state index is 12.2. The fraction of sp³-hybridized carbons (Fsp3) is 0.533. The van der Waals surface area contributed by atoms with Crippen LogP contribution in [0.4, 0.5) is 0 Å². The molecule has 1 amide bonds. The third-order valence-corrected chi connectivity index (χ3v) is 4.97. The van der Waals surface area contributed by atoms with Crippen LogP contribution in [0.1, 0.15) is 25.0 Å². The minimum atomic E-state index is -0.375. The van der Waals surface area contributed by atoms with Crippen LogP contribution >= 0.6 is 11.8 Å². The van der Waals surface area contributed by atoms with Gasteiger partial charge in [0.05, 0.1) is 11.9 Å². The van der Waals surface area contributed by atoms with Gasteiger partial charge in [0.25, 0.3) is 0 Å². The van der Waals surface area contributed by atoms with Gasteiger partial charge in [-0.1, -0.05) is 31.2 Å². The van der Waals surface area contributed by atoms with Crippen LogP contribution in [0, 0.1) is 0 Å². The second-order valence-electron chi connectivity index (χ2n) is 5.09. The number of carbonyl (C=O) groups is 1. The topological polar surface area (TPSA) is 40.5 Å². The second kappa shape index (κ2) is 6.44. The molecule has 0 aromatic heterocycles. The lowest BCUT2D eigenvalue weighted by Crippen LogP contribution is -2.37. The number of fused-ring (bicyclic) bond motifs is 1. The Morgan fingerprint density at radius 1 is 1.37 bits per heavy atom. The molecule has 1 heterocycles. The van der Waals surface area contributed by atoms with Gasteiger partial charge in [-0.15, -0.1) is 11.8 Å². The molecule has 1 aliphatic heterocycles. The largest absolute Gasteiger partial charge is 0.392 e. The van der Waals surface area contributed by atoms with Crippen molar-refractivity contribution in [3.63, 3.8) is 0 Å². The Kier molecular flexibility index (Phi) is 4.88. The molecule has 4 heteroatoms. The van der Waals surface area contributed by atoms with Gasteiger partial charge in [0.2, 0.25) is 5.91 Å². The highest BCUT2D eigenvalue weighted by Gasteiger charge is 2.21. The van der Waals surface area contributed by atoms with Crippen molar-refractivity contribution in [2.75, 3.05) is 12.3 Å². The summed E-state index contributed by atoms with van der Waals surface area (Å²) in [7, 11) is 0. The number of thioether (sulfide) groups is 1. The van der Waals surface area contributed by atoms with Crippen LogP contribution in [0.25, 0.3) is 0 Å². The fourth-order valence-corrected chi connectivity index (χ4v) is 3.01. The van der Waals surface area contributed by atoms with Crippen molar-refractivity contribution >= 4 is 17.7 Å². The van der Waals surface area contributed by atoms with E-state index in [1.807, 2.05) is 17.9 Å². The first-order valence-electron chi connectivity index (χ1n) is 6.72. The summed E-state index contributed by atoms with van der Waals surface area (Å²) in [6, 6.07) is 8.31. The lowest BCUT2D eigenvalue weighted by atomic mass is 10.00. The van der Waals surface area contributed by atoms with E-state index >= 15 is 0 Å². The summed E-state index contributed by atoms with van der Waals surface area (Å²) in [5.74, 6) is 0.626. The van der Waals surface area contributed by atoms with Crippen LogP contribution in [-0.4, -0.2) is 39.6 Å². The molecule has 3 nitrogen and oxygen atoms in total. The van der Waals surface area contributed by atoms with E-state index in [0.29, 0.717) is 5.75 Å². The van der Waals surface area contributed by atoms with Gasteiger partial charge in [0.1, 0.15) is 0 Å². The molecular formula is C15H21NO2S. The number of carbonyl (C=O) groups excluding carboxylic acids is 1. The zero-order chi connectivity index (χ0) is 13.8. The number of aliphatic hydroxyl groups is 1. The molecular weight excluding hydrogens is 258 g/mol. The molecule has 2 unspecified atom stereocenters. The van der Waals surface area contributed by atoms with E-state index in [1.54, 1.807) is 6.92 Å². The normalized spacial score (nSPS) is 17.7. The third kappa shape index (κ3) is 3.74. The van der Waals surface area contributed by atoms with Gasteiger partial charge < -0.3 is 10.0 Å². The van der Waals surface area contributed by atoms with E-state index in [1.165, 1.54) is 22.9 Å². The highest BCUT2D eigenvalue weighted by molar-refractivity contribution is 8.00. The van der Waals surface area contributed by atoms with Crippen molar-refractivity contribution in [2.45, 2.75) is 38.2 Å². The minimum absolute atomic E-state index is 0.0982. The fourth-order valence-electron chi connectivity index (χ4n) is 2.14. The molecule has 0 aliphatic carbocycles. The number of aliphatic hydroxyl groups excluding tert-OH is 1. The number of nitrogens with zero attached hydrogens (tertiary/aromatic N) is 1. The summed E-state index contributed by atoms with van der Waals surface area (Å²) in [6.07, 6.45) is 0.568. The summed E-state index contributed by atoms with van der Waals surface area (Å²) < 4.78 is 0. The van der Waals surface area contributed by atoms with Crippen molar-refractivity contribution in [1.82, 2.24) is 4.90 Å². The van der Waals surface area contributed by atoms with Crippen molar-refractivity contribution < 1.29 is 9.90 Å². The van der Waals surface area contributed by atoms with Crippen molar-refractivity contribution in [1.29, 1.82) is 0 Å². The number of rotatable bonds is 4. The Morgan fingerprint density at radius 2 is 2.05 bits per heavy atom. The van der Waals surface area contributed by atoms with Gasteiger partial charge in [-0.25, -0.2) is 0 Å². The molecule has 1 N–H and O–H groups in total. The summed E-state index contributed by atoms with van der Waals surface area (Å²) >= 11 is 1.53. The minimum Gasteiger partial charge on any atom is -0.392 e. The SMILES string of the molecule is CC(O)C(C)SCC(=O)N1CCc2ccccc2C1. The first-order valence-corrected chi connectivity index (χ1v) is 7.77. The quantitative estimate of drug-likeness (QED) is 0.917. The molecule has 19 heavy (non-hydrogen) atoms. The molecule has 0 bridgehead atoms. The monoisotopic (exact) mass is 279 g/mol. The molecule has 1 aromatic carbocycles. The molecule has 0 saturated heterocycles. The molecule has 1 aliphatic rings. The third-order valence-electron chi connectivity index (χ3n) is 3.63. The van der Waals surface area contributed by atoms with Gasteiger partial charge in [0, 0.05) is 18.3 Å². The van der Waals surface area contributed by atoms with Crippen molar-refractivity contribution in [2.24, 2.45) is 0 Å². The van der Waals surface area contributed by atoms with E-state index in [2.05, 4.69) is 18.2 Å². The Balaban J connectivity index is 1.89. The van der Waals surface area contributed by atoms with E-state index in [9.17, 15) is 9.90 Å². The van der Waals surface area contributed by atoms with E-state index in [-0.39, 0.29) is 17.3 Å². The van der Waals surface area contributed by atoms with Crippen LogP contribution in [0.2, 0.25) is 0 Å². The zero-order valence-electron chi connectivity index (χ0n) is 11.5. The van der Waals surface area contributed by atoms with Gasteiger partial charge in [-0.2, -0.15) is 0 Å². The maximum atomic E-state index is 12.2. The second-order valence-corrected chi connectivity index (χ2v) is 6.46. The number of hydrogen-bond acceptors (Lipinski definition) is 3. The first kappa shape index (κ1) is 14.4. The Bertz CT molecular complexity index is 448. The smallest absolute Gasteiger partial charge is 0.232 e. The summed E-state index contributed by atoms with van der Waals surface area (Å²) in [5, 5.41) is 9.53. The lowest BCUT2D eigenvalue weighted by Gasteiger charge is -2.29. The van der Waals surface area contributed by atoms with Crippen molar-refractivity contribution in [3.8, 4) is 0 Å². The number of amides is 1. The van der Waals surface area contributed by atoms with Crippen LogP contribution in [0.15, 0.2) is 24.3 Å². The first-order chi connectivity index (χ1) is 9.08. The average Bonchev–Trinajstić information content (AvgIpc) is 2.43. The number of benzene rings is 1. The summed E-state index contributed by atoms with van der Waals surface area (Å²) in [6.45, 7) is 5.24. The summed E-state index contributed by atoms with van der Waals surface area (Å²) in [5.41, 5.74) is 2.62. The highest BCUT2D eigenvalue weighted by atomic mass is 32.2. The molecule has 0 radical (unpaired) electrons. The Morgan fingerprint density at radius 3 is 2.74 bits per heavy atom. The average molecular weight is 279 g/mol. The summed E-state index contributed by atoms with van der Waals surface area (Å²) in [4.78, 5) is 14.1. The number of hydrogen-bond donors (Lipinski definition) is 1. The van der Waals surface area contributed by atoms with Gasteiger partial charge in [-0.05, 0) is 24.5 Å².